The molecule has 1 amide bonds. The summed E-state index contributed by atoms with van der Waals surface area (Å²) in [6, 6.07) is 10.5. The summed E-state index contributed by atoms with van der Waals surface area (Å²) in [5.74, 6) is 1.65. The highest BCUT2D eigenvalue weighted by molar-refractivity contribution is 7.14. The van der Waals surface area contributed by atoms with Gasteiger partial charge in [-0.25, -0.2) is 4.98 Å². The monoisotopic (exact) mass is 413 g/mol. The standard InChI is InChI=1S/C21H23N3O4S/c1-4-9-28-19-7-5-13(10-16(19)22)20(25)24-21-23-17(12-29-21)15-11-14(26-2)6-8-18(15)27-3/h5-8,10-12H,4,9,22H2,1-3H3,(H,23,24,25). The van der Waals surface area contributed by atoms with Gasteiger partial charge in [-0.15, -0.1) is 11.3 Å². The molecule has 3 rings (SSSR count). The van der Waals surface area contributed by atoms with Crippen molar-refractivity contribution in [1.29, 1.82) is 0 Å². The van der Waals surface area contributed by atoms with E-state index in [0.717, 1.165) is 12.0 Å². The predicted molar refractivity (Wildman–Crippen MR) is 115 cm³/mol. The molecule has 0 fully saturated rings. The highest BCUT2D eigenvalue weighted by Gasteiger charge is 2.14. The van der Waals surface area contributed by atoms with Gasteiger partial charge in [0.05, 0.1) is 32.2 Å². The molecule has 0 aliphatic carbocycles. The van der Waals surface area contributed by atoms with Crippen LogP contribution in [-0.4, -0.2) is 31.7 Å². The number of ether oxygens (including phenoxy) is 3. The van der Waals surface area contributed by atoms with Gasteiger partial charge in [0.25, 0.3) is 5.91 Å². The lowest BCUT2D eigenvalue weighted by Gasteiger charge is -2.09. The Kier molecular flexibility index (Phi) is 6.56. The first-order chi connectivity index (χ1) is 14.0. The van der Waals surface area contributed by atoms with Crippen LogP contribution in [0.3, 0.4) is 0 Å². The van der Waals surface area contributed by atoms with E-state index in [-0.39, 0.29) is 5.91 Å². The molecule has 3 aromatic rings. The van der Waals surface area contributed by atoms with Crippen LogP contribution in [0.4, 0.5) is 10.8 Å². The largest absolute Gasteiger partial charge is 0.497 e. The fraction of sp³-hybridized carbons (Fsp3) is 0.238. The van der Waals surface area contributed by atoms with E-state index in [1.165, 1.54) is 11.3 Å². The summed E-state index contributed by atoms with van der Waals surface area (Å²) in [4.78, 5) is 17.1. The van der Waals surface area contributed by atoms with Crippen LogP contribution in [0.2, 0.25) is 0 Å². The number of nitrogens with two attached hydrogens (primary N) is 1. The minimum Gasteiger partial charge on any atom is -0.497 e. The van der Waals surface area contributed by atoms with E-state index >= 15 is 0 Å². The summed E-state index contributed by atoms with van der Waals surface area (Å²) in [5.41, 5.74) is 8.31. The summed E-state index contributed by atoms with van der Waals surface area (Å²) in [7, 11) is 3.20. The van der Waals surface area contributed by atoms with Gasteiger partial charge < -0.3 is 19.9 Å². The molecule has 7 nitrogen and oxygen atoms in total. The Labute approximate surface area is 173 Å². The molecular weight excluding hydrogens is 390 g/mol. The number of carbonyl (C=O) groups excluding carboxylic acids is 1. The predicted octanol–water partition coefficient (Wildman–Crippen LogP) is 4.45. The smallest absolute Gasteiger partial charge is 0.257 e. The second-order valence-electron chi connectivity index (χ2n) is 6.16. The number of benzene rings is 2. The summed E-state index contributed by atoms with van der Waals surface area (Å²) >= 11 is 1.32. The van der Waals surface area contributed by atoms with Crippen LogP contribution in [-0.2, 0) is 0 Å². The van der Waals surface area contributed by atoms with Gasteiger partial charge in [0.2, 0.25) is 0 Å². The summed E-state index contributed by atoms with van der Waals surface area (Å²) in [6.07, 6.45) is 0.881. The third-order valence-corrected chi connectivity index (χ3v) is 4.90. The van der Waals surface area contributed by atoms with Crippen LogP contribution in [0.25, 0.3) is 11.3 Å². The molecule has 0 aliphatic heterocycles. The third kappa shape index (κ3) is 4.78. The SMILES string of the molecule is CCCOc1ccc(C(=O)Nc2nc(-c3cc(OC)ccc3OC)cs2)cc1N. The average Bonchev–Trinajstić information content (AvgIpc) is 3.20. The molecule has 29 heavy (non-hydrogen) atoms. The van der Waals surface area contributed by atoms with Crippen molar-refractivity contribution < 1.29 is 19.0 Å². The van der Waals surface area contributed by atoms with Gasteiger partial charge in [-0.2, -0.15) is 0 Å². The first-order valence-electron chi connectivity index (χ1n) is 9.07. The fourth-order valence-electron chi connectivity index (χ4n) is 2.67. The van der Waals surface area contributed by atoms with Crippen molar-refractivity contribution in [2.45, 2.75) is 13.3 Å². The van der Waals surface area contributed by atoms with E-state index in [9.17, 15) is 4.79 Å². The number of nitrogens with zero attached hydrogens (tertiary/aromatic N) is 1. The number of carbonyl (C=O) groups is 1. The second-order valence-corrected chi connectivity index (χ2v) is 7.02. The molecule has 3 N–H and O–H groups in total. The van der Waals surface area contributed by atoms with E-state index in [0.29, 0.717) is 45.9 Å². The van der Waals surface area contributed by atoms with Crippen LogP contribution < -0.4 is 25.3 Å². The van der Waals surface area contributed by atoms with E-state index in [1.54, 1.807) is 32.4 Å². The van der Waals surface area contributed by atoms with Crippen molar-refractivity contribution in [3.8, 4) is 28.5 Å². The van der Waals surface area contributed by atoms with Crippen molar-refractivity contribution in [3.05, 3.63) is 47.3 Å². The van der Waals surface area contributed by atoms with Gasteiger partial charge >= 0.3 is 0 Å². The first-order valence-corrected chi connectivity index (χ1v) is 9.95. The molecule has 0 unspecified atom stereocenters. The van der Waals surface area contributed by atoms with Crippen LogP contribution >= 0.6 is 11.3 Å². The van der Waals surface area contributed by atoms with Crippen LogP contribution in [0.15, 0.2) is 41.8 Å². The molecule has 1 heterocycles. The maximum atomic E-state index is 12.6. The van der Waals surface area contributed by atoms with Gasteiger partial charge in [0, 0.05) is 16.5 Å². The molecule has 0 atom stereocenters. The molecule has 152 valence electrons. The maximum Gasteiger partial charge on any atom is 0.257 e. The first kappa shape index (κ1) is 20.5. The summed E-state index contributed by atoms with van der Waals surface area (Å²) in [5, 5.41) is 5.13. The number of amides is 1. The quantitative estimate of drug-likeness (QED) is 0.530. The average molecular weight is 413 g/mol. The number of aromatic nitrogens is 1. The van der Waals surface area contributed by atoms with E-state index in [1.807, 2.05) is 30.5 Å². The number of nitrogen functional groups attached to an aromatic ring is 1. The molecule has 0 aliphatic rings. The van der Waals surface area contributed by atoms with Gasteiger partial charge in [-0.1, -0.05) is 6.92 Å². The Balaban J connectivity index is 1.77. The Morgan fingerprint density at radius 1 is 1.14 bits per heavy atom. The van der Waals surface area contributed by atoms with Crippen LogP contribution in [0, 0.1) is 0 Å². The Morgan fingerprint density at radius 3 is 2.62 bits per heavy atom. The topological polar surface area (TPSA) is 95.7 Å². The van der Waals surface area contributed by atoms with Gasteiger partial charge in [0.15, 0.2) is 5.13 Å². The number of anilines is 2. The Morgan fingerprint density at radius 2 is 1.93 bits per heavy atom. The summed E-state index contributed by atoms with van der Waals surface area (Å²) in [6.45, 7) is 2.59. The van der Waals surface area contributed by atoms with Crippen LogP contribution in [0.1, 0.15) is 23.7 Å². The van der Waals surface area contributed by atoms with Crippen molar-refractivity contribution in [2.75, 3.05) is 31.9 Å². The number of thiazole rings is 1. The van der Waals surface area contributed by atoms with Crippen LogP contribution in [0.5, 0.6) is 17.2 Å². The lowest BCUT2D eigenvalue weighted by molar-refractivity contribution is 0.102. The zero-order valence-corrected chi connectivity index (χ0v) is 17.3. The number of methoxy groups -OCH3 is 2. The molecular formula is C21H23N3O4S. The van der Waals surface area contributed by atoms with E-state index < -0.39 is 0 Å². The minimum absolute atomic E-state index is 0.294. The molecule has 1 aromatic heterocycles. The number of hydrogen-bond acceptors (Lipinski definition) is 7. The minimum atomic E-state index is -0.294. The highest BCUT2D eigenvalue weighted by atomic mass is 32.1. The number of rotatable bonds is 8. The zero-order chi connectivity index (χ0) is 20.8. The molecule has 0 spiro atoms. The molecule has 8 heteroatoms. The molecule has 0 bridgehead atoms. The highest BCUT2D eigenvalue weighted by Crippen LogP contribution is 2.35. The van der Waals surface area contributed by atoms with Gasteiger partial charge in [0.1, 0.15) is 17.2 Å². The van der Waals surface area contributed by atoms with E-state index in [4.69, 9.17) is 19.9 Å². The molecule has 0 radical (unpaired) electrons. The lowest BCUT2D eigenvalue weighted by Crippen LogP contribution is -2.12. The van der Waals surface area contributed by atoms with Crippen molar-refractivity contribution in [2.24, 2.45) is 0 Å². The maximum absolute atomic E-state index is 12.6. The molecule has 0 saturated carbocycles. The Bertz CT molecular complexity index is 1000. The third-order valence-electron chi connectivity index (χ3n) is 4.14. The number of nitrogens with one attached hydrogen (secondary N) is 1. The number of hydrogen-bond donors (Lipinski definition) is 2. The van der Waals surface area contributed by atoms with Gasteiger partial charge in [-0.05, 0) is 42.8 Å². The second kappa shape index (κ2) is 9.29. The normalized spacial score (nSPS) is 10.4. The van der Waals surface area contributed by atoms with E-state index in [2.05, 4.69) is 10.3 Å². The fourth-order valence-corrected chi connectivity index (χ4v) is 3.38. The lowest BCUT2D eigenvalue weighted by atomic mass is 10.1. The van der Waals surface area contributed by atoms with Crippen molar-refractivity contribution >= 4 is 28.1 Å². The van der Waals surface area contributed by atoms with Gasteiger partial charge in [-0.3, -0.25) is 10.1 Å². The Hall–Kier alpha value is -3.26. The van der Waals surface area contributed by atoms with Crippen molar-refractivity contribution in [1.82, 2.24) is 4.98 Å². The summed E-state index contributed by atoms with van der Waals surface area (Å²) < 4.78 is 16.2. The zero-order valence-electron chi connectivity index (χ0n) is 16.5. The molecule has 2 aromatic carbocycles. The molecule has 0 saturated heterocycles. The van der Waals surface area contributed by atoms with Crippen molar-refractivity contribution in [3.63, 3.8) is 0 Å².